The molecule has 0 aliphatic heterocycles. The van der Waals surface area contributed by atoms with Gasteiger partial charge >= 0.3 is 5.13 Å². The molecular formula is C18H18BrN4O2S+. The molecule has 0 fully saturated rings. The molecule has 0 bridgehead atoms. The van der Waals surface area contributed by atoms with Crippen LogP contribution < -0.4 is 20.8 Å². The number of aromatic nitrogens is 2. The van der Waals surface area contributed by atoms with E-state index in [0.717, 1.165) is 21.0 Å². The third-order valence-corrected chi connectivity index (χ3v) is 4.72. The van der Waals surface area contributed by atoms with Crippen molar-refractivity contribution in [2.75, 3.05) is 5.32 Å². The Hall–Kier alpha value is -2.45. The number of primary amides is 1. The lowest BCUT2D eigenvalue weighted by atomic mass is 10.1. The SMILES string of the molecule is CC(C)Oc1ccc(C(N)=O)cc1Nc1[nH+]c(-c2ccc(Br)nc2)cs1. The number of halogens is 1. The van der Waals surface area contributed by atoms with Crippen LogP contribution in [0.15, 0.2) is 46.5 Å². The Labute approximate surface area is 163 Å². The molecule has 6 nitrogen and oxygen atoms in total. The number of H-pyrrole nitrogens is 1. The van der Waals surface area contributed by atoms with Crippen molar-refractivity contribution in [2.45, 2.75) is 20.0 Å². The van der Waals surface area contributed by atoms with Gasteiger partial charge in [-0.25, -0.2) is 15.3 Å². The zero-order valence-corrected chi connectivity index (χ0v) is 16.6. The number of nitrogens with zero attached hydrogens (tertiary/aromatic N) is 1. The lowest BCUT2D eigenvalue weighted by molar-refractivity contribution is -0.340. The summed E-state index contributed by atoms with van der Waals surface area (Å²) in [6, 6.07) is 8.95. The first-order chi connectivity index (χ1) is 12.4. The van der Waals surface area contributed by atoms with Gasteiger partial charge in [-0.05, 0) is 54.0 Å². The molecule has 2 heterocycles. The van der Waals surface area contributed by atoms with E-state index in [1.54, 1.807) is 24.4 Å². The number of carbonyl (C=O) groups excluding carboxylic acids is 1. The Kier molecular flexibility index (Phi) is 5.53. The predicted octanol–water partition coefficient (Wildman–Crippen LogP) is 4.02. The van der Waals surface area contributed by atoms with Gasteiger partial charge in [0.25, 0.3) is 0 Å². The number of thiazole rings is 1. The van der Waals surface area contributed by atoms with Crippen LogP contribution in [0.25, 0.3) is 11.3 Å². The van der Waals surface area contributed by atoms with Gasteiger partial charge in [-0.2, -0.15) is 0 Å². The topological polar surface area (TPSA) is 91.4 Å². The fourth-order valence-corrected chi connectivity index (χ4v) is 3.30. The standard InChI is InChI=1S/C18H17BrN4O2S/c1-10(2)25-15-5-3-11(17(20)24)7-13(15)22-18-23-14(9-26-18)12-4-6-16(19)21-8-12/h3-10H,1-2H3,(H2,20,24)(H,22,23)/p+1. The lowest BCUT2D eigenvalue weighted by Gasteiger charge is -2.12. The highest BCUT2D eigenvalue weighted by Gasteiger charge is 2.17. The first-order valence-electron chi connectivity index (χ1n) is 7.92. The second-order valence-electron chi connectivity index (χ2n) is 5.84. The Morgan fingerprint density at radius 3 is 2.81 bits per heavy atom. The van der Waals surface area contributed by atoms with Gasteiger partial charge in [0, 0.05) is 28.8 Å². The third kappa shape index (κ3) is 4.39. The number of aromatic amines is 1. The lowest BCUT2D eigenvalue weighted by Crippen LogP contribution is -2.14. The van der Waals surface area contributed by atoms with E-state index in [2.05, 4.69) is 31.2 Å². The summed E-state index contributed by atoms with van der Waals surface area (Å²) in [6.45, 7) is 3.89. The fraction of sp³-hybridized carbons (Fsp3) is 0.167. The molecule has 0 atom stereocenters. The number of anilines is 2. The van der Waals surface area contributed by atoms with Crippen LogP contribution in [0.5, 0.6) is 5.75 Å². The first-order valence-corrected chi connectivity index (χ1v) is 9.60. The second kappa shape index (κ2) is 7.84. The van der Waals surface area contributed by atoms with Crippen LogP contribution in [0.1, 0.15) is 24.2 Å². The minimum Gasteiger partial charge on any atom is -0.487 e. The monoisotopic (exact) mass is 433 g/mol. The van der Waals surface area contributed by atoms with E-state index < -0.39 is 5.91 Å². The Bertz CT molecular complexity index is 925. The van der Waals surface area contributed by atoms with Gasteiger partial charge in [0.05, 0.1) is 6.10 Å². The molecule has 0 aliphatic rings. The van der Waals surface area contributed by atoms with Gasteiger partial charge in [0.1, 0.15) is 10.3 Å². The van der Waals surface area contributed by atoms with Crippen LogP contribution in [-0.4, -0.2) is 17.0 Å². The number of hydrogen-bond acceptors (Lipinski definition) is 5. The highest BCUT2D eigenvalue weighted by atomic mass is 79.9. The van der Waals surface area contributed by atoms with Gasteiger partial charge in [-0.3, -0.25) is 4.79 Å². The average molecular weight is 434 g/mol. The molecule has 134 valence electrons. The van der Waals surface area contributed by atoms with E-state index in [-0.39, 0.29) is 6.10 Å². The number of carbonyl (C=O) groups is 1. The van der Waals surface area contributed by atoms with E-state index in [1.165, 1.54) is 11.3 Å². The number of pyridine rings is 1. The van der Waals surface area contributed by atoms with Crippen molar-refractivity contribution >= 4 is 44.0 Å². The number of benzene rings is 1. The zero-order valence-electron chi connectivity index (χ0n) is 14.2. The molecule has 0 unspecified atom stereocenters. The highest BCUT2D eigenvalue weighted by Crippen LogP contribution is 2.31. The number of ether oxygens (including phenoxy) is 1. The largest absolute Gasteiger partial charge is 0.487 e. The van der Waals surface area contributed by atoms with Crippen molar-refractivity contribution in [3.05, 3.63) is 52.1 Å². The molecule has 0 saturated carbocycles. The van der Waals surface area contributed by atoms with Gasteiger partial charge in [0.2, 0.25) is 5.91 Å². The van der Waals surface area contributed by atoms with Crippen molar-refractivity contribution in [3.63, 3.8) is 0 Å². The summed E-state index contributed by atoms with van der Waals surface area (Å²) < 4.78 is 6.60. The smallest absolute Gasteiger partial charge is 0.337 e. The summed E-state index contributed by atoms with van der Waals surface area (Å²) >= 11 is 4.84. The highest BCUT2D eigenvalue weighted by molar-refractivity contribution is 9.10. The molecule has 1 amide bonds. The van der Waals surface area contributed by atoms with Crippen molar-refractivity contribution in [3.8, 4) is 17.0 Å². The van der Waals surface area contributed by atoms with E-state index in [9.17, 15) is 4.79 Å². The summed E-state index contributed by atoms with van der Waals surface area (Å²) in [4.78, 5) is 19.0. The predicted molar refractivity (Wildman–Crippen MR) is 106 cm³/mol. The van der Waals surface area contributed by atoms with Crippen LogP contribution >= 0.6 is 27.3 Å². The summed E-state index contributed by atoms with van der Waals surface area (Å²) in [7, 11) is 0. The number of nitrogens with two attached hydrogens (primary N) is 1. The fourth-order valence-electron chi connectivity index (χ4n) is 2.30. The molecule has 0 aliphatic carbocycles. The van der Waals surface area contributed by atoms with Crippen molar-refractivity contribution in [1.82, 2.24) is 4.98 Å². The van der Waals surface area contributed by atoms with Crippen LogP contribution in [-0.2, 0) is 0 Å². The Morgan fingerprint density at radius 1 is 1.35 bits per heavy atom. The molecule has 3 rings (SSSR count). The Balaban J connectivity index is 1.89. The van der Waals surface area contributed by atoms with Crippen LogP contribution in [0.4, 0.5) is 10.8 Å². The minimum absolute atomic E-state index is 0.00620. The summed E-state index contributed by atoms with van der Waals surface area (Å²) in [5.74, 6) is 0.166. The van der Waals surface area contributed by atoms with Crippen molar-refractivity contribution in [1.29, 1.82) is 0 Å². The molecule has 2 aromatic heterocycles. The van der Waals surface area contributed by atoms with Gasteiger partial charge in [-0.1, -0.05) is 11.3 Å². The molecule has 4 N–H and O–H groups in total. The number of amides is 1. The van der Waals surface area contributed by atoms with Crippen molar-refractivity contribution < 1.29 is 14.5 Å². The van der Waals surface area contributed by atoms with E-state index >= 15 is 0 Å². The Morgan fingerprint density at radius 2 is 2.15 bits per heavy atom. The minimum atomic E-state index is -0.485. The number of nitrogens with one attached hydrogen (secondary N) is 2. The molecule has 26 heavy (non-hydrogen) atoms. The number of rotatable bonds is 6. The van der Waals surface area contributed by atoms with Gasteiger partial charge in [-0.15, -0.1) is 0 Å². The molecule has 0 radical (unpaired) electrons. The van der Waals surface area contributed by atoms with E-state index in [4.69, 9.17) is 10.5 Å². The molecule has 3 aromatic rings. The van der Waals surface area contributed by atoms with Gasteiger partial charge < -0.3 is 10.5 Å². The normalized spacial score (nSPS) is 10.8. The van der Waals surface area contributed by atoms with Crippen LogP contribution in [0.3, 0.4) is 0 Å². The summed E-state index contributed by atoms with van der Waals surface area (Å²) in [5.41, 5.74) is 8.40. The first kappa shape index (κ1) is 18.3. The van der Waals surface area contributed by atoms with Crippen LogP contribution in [0, 0.1) is 0 Å². The zero-order chi connectivity index (χ0) is 18.7. The van der Waals surface area contributed by atoms with Crippen LogP contribution in [0.2, 0.25) is 0 Å². The number of hydrogen-bond donors (Lipinski definition) is 2. The van der Waals surface area contributed by atoms with Gasteiger partial charge in [0.15, 0.2) is 11.4 Å². The molecule has 8 heteroatoms. The second-order valence-corrected chi connectivity index (χ2v) is 7.53. The molecular weight excluding hydrogens is 416 g/mol. The maximum Gasteiger partial charge on any atom is 0.337 e. The van der Waals surface area contributed by atoms with E-state index in [1.807, 2.05) is 31.4 Å². The van der Waals surface area contributed by atoms with Crippen molar-refractivity contribution in [2.24, 2.45) is 5.73 Å². The molecule has 0 spiro atoms. The average Bonchev–Trinajstić information content (AvgIpc) is 3.05. The van der Waals surface area contributed by atoms with E-state index in [0.29, 0.717) is 17.0 Å². The maximum absolute atomic E-state index is 11.5. The third-order valence-electron chi connectivity index (χ3n) is 3.46. The molecule has 0 saturated heterocycles. The maximum atomic E-state index is 11.5. The summed E-state index contributed by atoms with van der Waals surface area (Å²) in [6.07, 6.45) is 1.79. The quantitative estimate of drug-likeness (QED) is 0.574. The summed E-state index contributed by atoms with van der Waals surface area (Å²) in [5, 5.41) is 6.07. The molecule has 1 aromatic carbocycles.